The number of carboxylic acid groups (broad SMARTS) is 2. The molecule has 1 unspecified atom stereocenters. The van der Waals surface area contributed by atoms with Crippen molar-refractivity contribution in [2.45, 2.75) is 34.9 Å². The molecule has 2 aliphatic rings. The summed E-state index contributed by atoms with van der Waals surface area (Å²) < 4.78 is -1.52. The monoisotopic (exact) mass is 688 g/mol. The number of nitrogen functional groups attached to an aromatic ring is 1. The van der Waals surface area contributed by atoms with Crippen molar-refractivity contribution < 1.29 is 49.2 Å². The van der Waals surface area contributed by atoms with Gasteiger partial charge >= 0.3 is 11.9 Å². The average molecular weight is 689 g/mol. The average Bonchev–Trinajstić information content (AvgIpc) is 3.55. The predicted molar refractivity (Wildman–Crippen MR) is 161 cm³/mol. The van der Waals surface area contributed by atoms with E-state index in [1.165, 1.54) is 30.2 Å². The van der Waals surface area contributed by atoms with Crippen LogP contribution in [0.4, 0.5) is 5.13 Å². The molecule has 0 radical (unpaired) electrons. The van der Waals surface area contributed by atoms with Crippen LogP contribution in [0.1, 0.15) is 29.9 Å². The Hall–Kier alpha value is -3.94. The number of anilines is 1. The number of β-lactam (4-membered cyclic amide) rings is 1. The molecule has 8 N–H and O–H groups in total. The van der Waals surface area contributed by atoms with Crippen LogP contribution in [-0.2, 0) is 24.0 Å². The zero-order valence-electron chi connectivity index (χ0n) is 22.8. The fourth-order valence-corrected chi connectivity index (χ4v) is 7.72. The molecule has 1 aromatic heterocycles. The lowest BCUT2D eigenvalue weighted by Gasteiger charge is -2.41. The molecule has 0 bridgehead atoms. The number of carbonyl (C=O) groups is 5. The maximum atomic E-state index is 13.2. The Kier molecular flexibility index (Phi) is 9.43. The van der Waals surface area contributed by atoms with Crippen LogP contribution < -0.4 is 16.4 Å². The molecule has 20 heteroatoms. The van der Waals surface area contributed by atoms with Crippen molar-refractivity contribution >= 4 is 87.0 Å². The number of aromatic hydroxyl groups is 2. The Morgan fingerprint density at radius 2 is 2.00 bits per heavy atom. The molecule has 0 aliphatic carbocycles. The number of halogens is 1. The number of carbonyl (C=O) groups excluding carboxylic acids is 3. The van der Waals surface area contributed by atoms with E-state index in [4.69, 9.17) is 22.2 Å². The number of thiazole rings is 1. The summed E-state index contributed by atoms with van der Waals surface area (Å²) in [7, 11) is 0. The molecule has 3 heterocycles. The minimum Gasteiger partial charge on any atom is -0.504 e. The number of phenols is 2. The number of hydrogen-bond donors (Lipinski definition) is 7. The zero-order valence-corrected chi connectivity index (χ0v) is 26.0. The maximum Gasteiger partial charge on any atom is 0.350 e. The molecular formula is C24H25ClN6O10S3. The lowest BCUT2D eigenvalue weighted by molar-refractivity contribution is -0.161. The summed E-state index contributed by atoms with van der Waals surface area (Å²) in [5.74, 6) is -5.73. The molecule has 2 saturated heterocycles. The number of nitrogens with zero attached hydrogens (tertiary/aromatic N) is 3. The number of benzene rings is 1. The van der Waals surface area contributed by atoms with E-state index in [1.54, 1.807) is 0 Å². The van der Waals surface area contributed by atoms with Gasteiger partial charge in [0.2, 0.25) is 11.5 Å². The number of fused-ring (bicyclic) bond motifs is 1. The lowest BCUT2D eigenvalue weighted by atomic mass is 10.1. The highest BCUT2D eigenvalue weighted by Gasteiger charge is 2.62. The third-order valence-electron chi connectivity index (χ3n) is 6.37. The van der Waals surface area contributed by atoms with Gasteiger partial charge in [0, 0.05) is 17.7 Å². The topological polar surface area (TPSA) is 254 Å². The van der Waals surface area contributed by atoms with Crippen molar-refractivity contribution in [3.05, 3.63) is 33.8 Å². The highest BCUT2D eigenvalue weighted by atomic mass is 35.5. The van der Waals surface area contributed by atoms with Gasteiger partial charge < -0.3 is 46.5 Å². The van der Waals surface area contributed by atoms with Gasteiger partial charge in [-0.25, -0.2) is 14.6 Å². The van der Waals surface area contributed by atoms with Gasteiger partial charge in [0.05, 0.1) is 17.1 Å². The largest absolute Gasteiger partial charge is 0.504 e. The first-order valence-corrected chi connectivity index (χ1v) is 15.6. The number of nitrogens with two attached hydrogens (primary N) is 1. The van der Waals surface area contributed by atoms with Crippen LogP contribution in [0.2, 0.25) is 5.02 Å². The number of aliphatic carboxylic acids is 2. The SMILES string of the molecule is CC(C)(O/N=C(\C(=O)NC1C(=O)N2C[C@](SCCNC(=O)c3ccc(O)c(O)c3Cl)(C(=O)O)S[C@H]12)c1csc(N)n1)C(=O)O. The van der Waals surface area contributed by atoms with Gasteiger partial charge in [-0.1, -0.05) is 16.8 Å². The van der Waals surface area contributed by atoms with Gasteiger partial charge in [-0.15, -0.1) is 34.9 Å². The highest BCUT2D eigenvalue weighted by Crippen LogP contribution is 2.52. The number of hydrogen-bond acceptors (Lipinski definition) is 14. The molecule has 16 nitrogen and oxygen atoms in total. The highest BCUT2D eigenvalue weighted by molar-refractivity contribution is 8.20. The van der Waals surface area contributed by atoms with E-state index >= 15 is 0 Å². The van der Waals surface area contributed by atoms with Crippen LogP contribution >= 0.6 is 46.5 Å². The van der Waals surface area contributed by atoms with Gasteiger partial charge in [0.15, 0.2) is 26.4 Å². The van der Waals surface area contributed by atoms with Crippen LogP contribution in [-0.4, -0.2) is 106 Å². The number of phenolic OH excluding ortho intramolecular Hbond substituents is 2. The first-order chi connectivity index (χ1) is 20.6. The molecule has 44 heavy (non-hydrogen) atoms. The van der Waals surface area contributed by atoms with Crippen molar-refractivity contribution in [2.75, 3.05) is 24.6 Å². The minimum absolute atomic E-state index is 0.000871. The number of aromatic nitrogens is 1. The van der Waals surface area contributed by atoms with Gasteiger partial charge in [-0.3, -0.25) is 14.4 Å². The third kappa shape index (κ3) is 6.44. The Morgan fingerprint density at radius 1 is 1.30 bits per heavy atom. The van der Waals surface area contributed by atoms with E-state index in [2.05, 4.69) is 20.8 Å². The van der Waals surface area contributed by atoms with Crippen LogP contribution in [0.5, 0.6) is 11.5 Å². The van der Waals surface area contributed by atoms with Gasteiger partial charge in [-0.2, -0.15) is 0 Å². The Balaban J connectivity index is 1.41. The van der Waals surface area contributed by atoms with Crippen molar-refractivity contribution in [1.82, 2.24) is 20.5 Å². The number of thioether (sulfide) groups is 2. The van der Waals surface area contributed by atoms with E-state index in [0.717, 1.165) is 40.9 Å². The van der Waals surface area contributed by atoms with Crippen molar-refractivity contribution in [3.8, 4) is 11.5 Å². The normalized spacial score (nSPS) is 21.3. The van der Waals surface area contributed by atoms with Gasteiger partial charge in [0.1, 0.15) is 17.1 Å². The summed E-state index contributed by atoms with van der Waals surface area (Å²) in [6.07, 6.45) is 0. The fourth-order valence-electron chi connectivity index (χ4n) is 3.89. The lowest BCUT2D eigenvalue weighted by Crippen LogP contribution is -2.68. The summed E-state index contributed by atoms with van der Waals surface area (Å²) >= 11 is 8.82. The standard InChI is InChI=1S/C24H25ClN6O10S3/c1-23(2,20(37)38)41-30-13(10-7-42-22(26)28-10)17(35)29-14-18(36)31-8-24(21(39)40,44-19(14)31)43-6-5-27-16(34)9-3-4-11(32)15(33)12(9)25/h3-4,7,14,19,32-33H,5-6,8H2,1-2H3,(H2,26,28)(H,27,34)(H,29,35)(H,37,38)(H,39,40)/b30-13-/t14?,19-,24-/m1/s1. The molecule has 0 saturated carbocycles. The number of rotatable bonds is 12. The molecule has 2 aromatic rings. The Morgan fingerprint density at radius 3 is 2.61 bits per heavy atom. The predicted octanol–water partition coefficient (Wildman–Crippen LogP) is 0.718. The molecule has 2 fully saturated rings. The summed E-state index contributed by atoms with van der Waals surface area (Å²) in [4.78, 5) is 72.7. The van der Waals surface area contributed by atoms with Crippen LogP contribution in [0.25, 0.3) is 0 Å². The summed E-state index contributed by atoms with van der Waals surface area (Å²) in [5.41, 5.74) is 3.32. The van der Waals surface area contributed by atoms with E-state index < -0.39 is 68.0 Å². The molecule has 3 atom stereocenters. The quantitative estimate of drug-likeness (QED) is 0.0533. The Labute approximate surface area is 266 Å². The Bertz CT molecular complexity index is 1570. The molecule has 0 spiro atoms. The molecular weight excluding hydrogens is 664 g/mol. The molecule has 1 aromatic carbocycles. The zero-order chi connectivity index (χ0) is 32.6. The molecule has 3 amide bonds. The number of carboxylic acids is 2. The van der Waals surface area contributed by atoms with E-state index in [-0.39, 0.29) is 40.3 Å². The first kappa shape index (κ1) is 33.0. The van der Waals surface area contributed by atoms with Gasteiger partial charge in [-0.05, 0) is 26.0 Å². The second kappa shape index (κ2) is 12.6. The molecule has 236 valence electrons. The van der Waals surface area contributed by atoms with E-state index in [9.17, 15) is 44.4 Å². The van der Waals surface area contributed by atoms with E-state index in [1.807, 2.05) is 0 Å². The smallest absolute Gasteiger partial charge is 0.350 e. The maximum absolute atomic E-state index is 13.2. The third-order valence-corrected chi connectivity index (χ3v) is 10.7. The van der Waals surface area contributed by atoms with Crippen molar-refractivity contribution in [3.63, 3.8) is 0 Å². The molecule has 2 aliphatic heterocycles. The minimum atomic E-state index is -1.80. The van der Waals surface area contributed by atoms with Crippen LogP contribution in [0.3, 0.4) is 0 Å². The van der Waals surface area contributed by atoms with Crippen molar-refractivity contribution in [1.29, 1.82) is 0 Å². The summed E-state index contributed by atoms with van der Waals surface area (Å²) in [5, 5.41) is 47.7. The fraction of sp³-hybridized carbons (Fsp3) is 0.375. The second-order valence-electron chi connectivity index (χ2n) is 9.80. The van der Waals surface area contributed by atoms with E-state index in [0.29, 0.717) is 0 Å². The number of nitrogens with one attached hydrogen (secondary N) is 2. The summed E-state index contributed by atoms with van der Waals surface area (Å²) in [6, 6.07) is 1.18. The first-order valence-electron chi connectivity index (χ1n) is 12.4. The number of amides is 3. The second-order valence-corrected chi connectivity index (χ2v) is 14.1. The van der Waals surface area contributed by atoms with Crippen molar-refractivity contribution in [2.24, 2.45) is 5.16 Å². The number of oxime groups is 1. The molecule has 4 rings (SSSR count). The van der Waals surface area contributed by atoms with Crippen LogP contribution in [0.15, 0.2) is 22.7 Å². The van der Waals surface area contributed by atoms with Crippen LogP contribution in [0, 0.1) is 0 Å². The summed E-state index contributed by atoms with van der Waals surface area (Å²) in [6.45, 7) is 2.25. The van der Waals surface area contributed by atoms with Gasteiger partial charge in [0.25, 0.3) is 11.8 Å².